The fourth-order valence-corrected chi connectivity index (χ4v) is 1.58. The molecule has 0 N–H and O–H groups in total. The van der Waals surface area contributed by atoms with E-state index >= 15 is 0 Å². The van der Waals surface area contributed by atoms with Gasteiger partial charge in [0.25, 0.3) is 5.56 Å². The van der Waals surface area contributed by atoms with E-state index in [9.17, 15) is 18.8 Å². The molecule has 0 bridgehead atoms. The van der Waals surface area contributed by atoms with Crippen molar-refractivity contribution in [3.8, 4) is 5.69 Å². The van der Waals surface area contributed by atoms with Crippen molar-refractivity contribution in [3.63, 3.8) is 0 Å². The molecule has 0 amide bonds. The summed E-state index contributed by atoms with van der Waals surface area (Å²) < 4.78 is 14.5. The molecule has 0 aliphatic heterocycles. The fourth-order valence-electron chi connectivity index (χ4n) is 1.58. The van der Waals surface area contributed by atoms with E-state index in [0.29, 0.717) is 0 Å². The number of rotatable bonds is 3. The third-order valence-corrected chi connectivity index (χ3v) is 2.40. The Labute approximate surface area is 106 Å². The maximum absolute atomic E-state index is 12.8. The normalized spacial score (nSPS) is 10.4. The predicted octanol–water partition coefficient (Wildman–Crippen LogP) is 0.122. The van der Waals surface area contributed by atoms with Gasteiger partial charge in [-0.2, -0.15) is 5.10 Å². The number of aromatic nitrogens is 3. The molecule has 0 atom stereocenters. The van der Waals surface area contributed by atoms with Crippen molar-refractivity contribution in [3.05, 3.63) is 57.1 Å². The summed E-state index contributed by atoms with van der Waals surface area (Å²) in [6.45, 7) is 1.09. The van der Waals surface area contributed by atoms with Crippen LogP contribution in [0.1, 0.15) is 6.92 Å². The molecule has 2 rings (SSSR count). The zero-order chi connectivity index (χ0) is 14.0. The number of hydrogen-bond donors (Lipinski definition) is 0. The SMILES string of the molecule is CC(=O)Cn1ncc(=O)n(-c2ccc(F)cc2)c1=O. The number of Topliss-reactive ketones (excluding diaryl/α,β-unsaturated/α-hetero) is 1. The molecule has 0 fully saturated rings. The molecule has 0 saturated heterocycles. The largest absolute Gasteiger partial charge is 0.352 e. The molecule has 0 aliphatic carbocycles. The summed E-state index contributed by atoms with van der Waals surface area (Å²) in [5.74, 6) is -0.742. The molecule has 1 aromatic heterocycles. The van der Waals surface area contributed by atoms with Gasteiger partial charge in [-0.05, 0) is 31.2 Å². The molecule has 1 aromatic carbocycles. The Hall–Kier alpha value is -2.57. The average molecular weight is 263 g/mol. The van der Waals surface area contributed by atoms with E-state index in [2.05, 4.69) is 5.10 Å². The van der Waals surface area contributed by atoms with Gasteiger partial charge in [0.1, 0.15) is 18.6 Å². The highest BCUT2D eigenvalue weighted by Crippen LogP contribution is 2.04. The predicted molar refractivity (Wildman–Crippen MR) is 64.7 cm³/mol. The molecule has 19 heavy (non-hydrogen) atoms. The van der Waals surface area contributed by atoms with Crippen LogP contribution in [0.5, 0.6) is 0 Å². The van der Waals surface area contributed by atoms with E-state index in [1.54, 1.807) is 0 Å². The second-order valence-corrected chi connectivity index (χ2v) is 3.94. The second kappa shape index (κ2) is 4.97. The highest BCUT2D eigenvalue weighted by molar-refractivity contribution is 5.75. The molecule has 0 saturated carbocycles. The van der Waals surface area contributed by atoms with Crippen LogP contribution < -0.4 is 11.2 Å². The minimum Gasteiger partial charge on any atom is -0.298 e. The van der Waals surface area contributed by atoms with Crippen molar-refractivity contribution in [2.45, 2.75) is 13.5 Å². The minimum absolute atomic E-state index is 0.219. The summed E-state index contributed by atoms with van der Waals surface area (Å²) in [6.07, 6.45) is 0.938. The zero-order valence-corrected chi connectivity index (χ0v) is 10.0. The Morgan fingerprint density at radius 3 is 2.47 bits per heavy atom. The Kier molecular flexibility index (Phi) is 3.37. The summed E-state index contributed by atoms with van der Waals surface area (Å²) in [5.41, 5.74) is -1.16. The number of carbonyl (C=O) groups excluding carboxylic acids is 1. The number of hydrogen-bond acceptors (Lipinski definition) is 4. The fraction of sp³-hybridized carbons (Fsp3) is 0.167. The highest BCUT2D eigenvalue weighted by Gasteiger charge is 2.09. The van der Waals surface area contributed by atoms with Gasteiger partial charge in [-0.15, -0.1) is 0 Å². The van der Waals surface area contributed by atoms with Crippen LogP contribution in [0.4, 0.5) is 4.39 Å². The molecule has 7 heteroatoms. The van der Waals surface area contributed by atoms with Crippen LogP contribution in [-0.2, 0) is 11.3 Å². The summed E-state index contributed by atoms with van der Waals surface area (Å²) in [6, 6.07) is 4.88. The third-order valence-electron chi connectivity index (χ3n) is 2.40. The van der Waals surface area contributed by atoms with Gasteiger partial charge < -0.3 is 0 Å². The molecule has 2 aromatic rings. The van der Waals surface area contributed by atoms with Gasteiger partial charge in [-0.1, -0.05) is 0 Å². The zero-order valence-electron chi connectivity index (χ0n) is 10.0. The van der Waals surface area contributed by atoms with Gasteiger partial charge in [0.15, 0.2) is 5.78 Å². The van der Waals surface area contributed by atoms with Crippen LogP contribution >= 0.6 is 0 Å². The molecule has 98 valence electrons. The van der Waals surface area contributed by atoms with Crippen molar-refractivity contribution in [2.24, 2.45) is 0 Å². The minimum atomic E-state index is -0.741. The van der Waals surface area contributed by atoms with Crippen LogP contribution in [0.25, 0.3) is 5.69 Å². The van der Waals surface area contributed by atoms with Gasteiger partial charge in [0.2, 0.25) is 0 Å². The lowest BCUT2D eigenvalue weighted by Crippen LogP contribution is -2.40. The number of carbonyl (C=O) groups is 1. The first-order chi connectivity index (χ1) is 8.99. The Morgan fingerprint density at radius 1 is 1.26 bits per heavy atom. The van der Waals surface area contributed by atoms with Crippen molar-refractivity contribution in [1.82, 2.24) is 14.3 Å². The van der Waals surface area contributed by atoms with E-state index in [1.807, 2.05) is 0 Å². The first-order valence-electron chi connectivity index (χ1n) is 5.43. The quantitative estimate of drug-likeness (QED) is 0.788. The molecule has 0 unspecified atom stereocenters. The number of halogens is 1. The van der Waals surface area contributed by atoms with Gasteiger partial charge >= 0.3 is 5.69 Å². The van der Waals surface area contributed by atoms with Crippen molar-refractivity contribution in [1.29, 1.82) is 0 Å². The van der Waals surface area contributed by atoms with Crippen molar-refractivity contribution < 1.29 is 9.18 Å². The first-order valence-corrected chi connectivity index (χ1v) is 5.43. The van der Waals surface area contributed by atoms with E-state index in [1.165, 1.54) is 19.1 Å². The standard InChI is InChI=1S/C12H10FN3O3/c1-8(17)7-15-12(19)16(11(18)6-14-15)10-4-2-9(13)3-5-10/h2-6H,7H2,1H3. The van der Waals surface area contributed by atoms with Gasteiger partial charge in [-0.25, -0.2) is 18.4 Å². The van der Waals surface area contributed by atoms with E-state index < -0.39 is 17.1 Å². The van der Waals surface area contributed by atoms with Crippen LogP contribution in [0.2, 0.25) is 0 Å². The number of ketones is 1. The lowest BCUT2D eigenvalue weighted by atomic mass is 10.3. The maximum atomic E-state index is 12.8. The number of benzene rings is 1. The Bertz CT molecular complexity index is 731. The summed E-state index contributed by atoms with van der Waals surface area (Å²) in [4.78, 5) is 34.7. The Balaban J connectivity index is 2.63. The third kappa shape index (κ3) is 2.65. The molecule has 0 spiro atoms. The van der Waals surface area contributed by atoms with Crippen molar-refractivity contribution in [2.75, 3.05) is 0 Å². The van der Waals surface area contributed by atoms with Crippen LogP contribution in [0, 0.1) is 5.82 Å². The average Bonchev–Trinajstić information content (AvgIpc) is 2.35. The van der Waals surface area contributed by atoms with Gasteiger partial charge in [-0.3, -0.25) is 9.59 Å². The van der Waals surface area contributed by atoms with Gasteiger partial charge in [0.05, 0.1) is 5.69 Å². The van der Waals surface area contributed by atoms with Crippen molar-refractivity contribution >= 4 is 5.78 Å². The number of nitrogens with zero attached hydrogens (tertiary/aromatic N) is 3. The summed E-state index contributed by atoms with van der Waals surface area (Å²) >= 11 is 0. The first kappa shape index (κ1) is 12.9. The smallest absolute Gasteiger partial charge is 0.298 e. The molecule has 0 radical (unpaired) electrons. The molecule has 0 aliphatic rings. The maximum Gasteiger partial charge on any atom is 0.352 e. The molecule has 1 heterocycles. The molecular weight excluding hydrogens is 253 g/mol. The van der Waals surface area contributed by atoms with E-state index in [-0.39, 0.29) is 18.0 Å². The van der Waals surface area contributed by atoms with Gasteiger partial charge in [0, 0.05) is 0 Å². The Morgan fingerprint density at radius 2 is 1.89 bits per heavy atom. The molecular formula is C12H10FN3O3. The highest BCUT2D eigenvalue weighted by atomic mass is 19.1. The van der Waals surface area contributed by atoms with Crippen LogP contribution in [0.3, 0.4) is 0 Å². The lowest BCUT2D eigenvalue weighted by molar-refractivity contribution is -0.117. The van der Waals surface area contributed by atoms with E-state index in [0.717, 1.165) is 27.6 Å². The summed E-state index contributed by atoms with van der Waals surface area (Å²) in [7, 11) is 0. The molecule has 6 nitrogen and oxygen atoms in total. The lowest BCUT2D eigenvalue weighted by Gasteiger charge is -2.07. The van der Waals surface area contributed by atoms with Crippen LogP contribution in [-0.4, -0.2) is 20.1 Å². The topological polar surface area (TPSA) is 74.0 Å². The summed E-state index contributed by atoms with van der Waals surface area (Å²) in [5, 5.41) is 3.60. The second-order valence-electron chi connectivity index (χ2n) is 3.94. The van der Waals surface area contributed by atoms with E-state index in [4.69, 9.17) is 0 Å². The monoisotopic (exact) mass is 263 g/mol. The van der Waals surface area contributed by atoms with Crippen LogP contribution in [0.15, 0.2) is 40.1 Å².